The van der Waals surface area contributed by atoms with Crippen LogP contribution in [0, 0.1) is 17.1 Å². The quantitative estimate of drug-likeness (QED) is 0.812. The minimum absolute atomic E-state index is 0.320. The van der Waals surface area contributed by atoms with E-state index < -0.39 is 0 Å². The highest BCUT2D eigenvalue weighted by Crippen LogP contribution is 2.30. The van der Waals surface area contributed by atoms with Crippen molar-refractivity contribution < 1.29 is 4.39 Å². The number of hydrogen-bond acceptors (Lipinski definition) is 2. The second-order valence-corrected chi connectivity index (χ2v) is 4.19. The summed E-state index contributed by atoms with van der Waals surface area (Å²) >= 11 is 5.97. The number of benzene rings is 2. The van der Waals surface area contributed by atoms with Crippen LogP contribution in [-0.2, 0) is 0 Å². The average Bonchev–Trinajstić information content (AvgIpc) is 2.37. The van der Waals surface area contributed by atoms with Gasteiger partial charge in [0.2, 0.25) is 0 Å². The van der Waals surface area contributed by atoms with Crippen LogP contribution < -0.4 is 4.90 Å². The summed E-state index contributed by atoms with van der Waals surface area (Å²) in [6.45, 7) is 0. The molecule has 0 unspecified atom stereocenters. The van der Waals surface area contributed by atoms with E-state index in [1.807, 2.05) is 0 Å². The maximum atomic E-state index is 13.2. The molecule has 2 aromatic carbocycles. The minimum atomic E-state index is -0.320. The van der Waals surface area contributed by atoms with Crippen LogP contribution in [0.1, 0.15) is 5.56 Å². The van der Waals surface area contributed by atoms with E-state index in [0.717, 1.165) is 0 Å². The molecule has 2 aromatic rings. The van der Waals surface area contributed by atoms with E-state index >= 15 is 0 Å². The fourth-order valence-electron chi connectivity index (χ4n) is 1.73. The van der Waals surface area contributed by atoms with Gasteiger partial charge in [-0.05, 0) is 30.3 Å². The lowest BCUT2D eigenvalue weighted by molar-refractivity contribution is 0.628. The lowest BCUT2D eigenvalue weighted by Crippen LogP contribution is -2.11. The minimum Gasteiger partial charge on any atom is -0.343 e. The summed E-state index contributed by atoms with van der Waals surface area (Å²) in [6.07, 6.45) is 0. The Kier molecular flexibility index (Phi) is 3.50. The Hall–Kier alpha value is -2.05. The first-order valence-corrected chi connectivity index (χ1v) is 5.69. The summed E-state index contributed by atoms with van der Waals surface area (Å²) in [6, 6.07) is 13.4. The zero-order chi connectivity index (χ0) is 13.1. The zero-order valence-electron chi connectivity index (χ0n) is 9.69. The zero-order valence-corrected chi connectivity index (χ0v) is 10.4. The van der Waals surface area contributed by atoms with Crippen LogP contribution in [0.2, 0.25) is 5.02 Å². The van der Waals surface area contributed by atoms with Gasteiger partial charge in [0.05, 0.1) is 16.3 Å². The molecule has 0 atom stereocenters. The van der Waals surface area contributed by atoms with Gasteiger partial charge in [-0.3, -0.25) is 0 Å². The van der Waals surface area contributed by atoms with Gasteiger partial charge in [-0.2, -0.15) is 5.26 Å². The largest absolute Gasteiger partial charge is 0.343 e. The van der Waals surface area contributed by atoms with Crippen molar-refractivity contribution in [2.45, 2.75) is 0 Å². The van der Waals surface area contributed by atoms with Crippen LogP contribution in [0.25, 0.3) is 0 Å². The first kappa shape index (κ1) is 12.4. The Morgan fingerprint density at radius 1 is 1.22 bits per heavy atom. The SMILES string of the molecule is CN(c1cccc(F)c1)c1cccc(Cl)c1C#N. The van der Waals surface area contributed by atoms with Gasteiger partial charge in [-0.15, -0.1) is 0 Å². The van der Waals surface area contributed by atoms with Crippen molar-refractivity contribution in [3.8, 4) is 6.07 Å². The molecule has 18 heavy (non-hydrogen) atoms. The van der Waals surface area contributed by atoms with Crippen LogP contribution in [0.15, 0.2) is 42.5 Å². The maximum Gasteiger partial charge on any atom is 0.125 e. The summed E-state index contributed by atoms with van der Waals surface area (Å²) in [5, 5.41) is 9.50. The summed E-state index contributed by atoms with van der Waals surface area (Å²) < 4.78 is 13.2. The van der Waals surface area contributed by atoms with E-state index in [0.29, 0.717) is 22.0 Å². The molecule has 0 aliphatic carbocycles. The number of anilines is 2. The first-order valence-electron chi connectivity index (χ1n) is 5.31. The fraction of sp³-hybridized carbons (Fsp3) is 0.0714. The van der Waals surface area contributed by atoms with Crippen molar-refractivity contribution >= 4 is 23.0 Å². The van der Waals surface area contributed by atoms with E-state index in [-0.39, 0.29) is 5.82 Å². The van der Waals surface area contributed by atoms with Crippen LogP contribution in [0.3, 0.4) is 0 Å². The summed E-state index contributed by atoms with van der Waals surface area (Å²) in [4.78, 5) is 1.73. The van der Waals surface area contributed by atoms with Crippen LogP contribution in [0.4, 0.5) is 15.8 Å². The van der Waals surface area contributed by atoms with Gasteiger partial charge in [0, 0.05) is 12.7 Å². The Morgan fingerprint density at radius 3 is 2.61 bits per heavy atom. The summed E-state index contributed by atoms with van der Waals surface area (Å²) in [5.41, 5.74) is 1.69. The molecule has 0 heterocycles. The molecule has 0 aromatic heterocycles. The smallest absolute Gasteiger partial charge is 0.125 e. The third-order valence-electron chi connectivity index (χ3n) is 2.66. The molecule has 0 saturated heterocycles. The standard InChI is InChI=1S/C14H10ClFN2/c1-18(11-5-2-4-10(16)8-11)14-7-3-6-13(15)12(14)9-17/h2-8H,1H3. The highest BCUT2D eigenvalue weighted by Gasteiger charge is 2.12. The van der Waals surface area contributed by atoms with Gasteiger partial charge < -0.3 is 4.90 Å². The Balaban J connectivity index is 2.50. The summed E-state index contributed by atoms with van der Waals surface area (Å²) in [7, 11) is 1.77. The van der Waals surface area contributed by atoms with Crippen molar-refractivity contribution in [2.24, 2.45) is 0 Å². The molecule has 0 spiro atoms. The second-order valence-electron chi connectivity index (χ2n) is 3.78. The molecule has 90 valence electrons. The molecule has 0 radical (unpaired) electrons. The number of hydrogen-bond donors (Lipinski definition) is 0. The molecule has 0 aliphatic heterocycles. The average molecular weight is 261 g/mol. The van der Waals surface area contributed by atoms with Gasteiger partial charge in [0.1, 0.15) is 11.9 Å². The summed E-state index contributed by atoms with van der Waals surface area (Å²) in [5.74, 6) is -0.320. The topological polar surface area (TPSA) is 27.0 Å². The molecule has 0 N–H and O–H groups in total. The predicted octanol–water partition coefficient (Wildman–Crippen LogP) is 4.12. The molecule has 0 fully saturated rings. The molecule has 0 aliphatic rings. The Morgan fingerprint density at radius 2 is 1.94 bits per heavy atom. The third-order valence-corrected chi connectivity index (χ3v) is 2.98. The first-order chi connectivity index (χ1) is 8.63. The van der Waals surface area contributed by atoms with E-state index in [1.54, 1.807) is 42.3 Å². The van der Waals surface area contributed by atoms with E-state index in [9.17, 15) is 4.39 Å². The van der Waals surface area contributed by atoms with Crippen LogP contribution in [-0.4, -0.2) is 7.05 Å². The Labute approximate surface area is 110 Å². The number of nitriles is 1. The van der Waals surface area contributed by atoms with Crippen LogP contribution in [0.5, 0.6) is 0 Å². The van der Waals surface area contributed by atoms with Gasteiger partial charge in [0.25, 0.3) is 0 Å². The maximum absolute atomic E-state index is 13.2. The predicted molar refractivity (Wildman–Crippen MR) is 70.6 cm³/mol. The molecule has 2 nitrogen and oxygen atoms in total. The van der Waals surface area contributed by atoms with Crippen molar-refractivity contribution in [3.63, 3.8) is 0 Å². The molecular weight excluding hydrogens is 251 g/mol. The molecule has 4 heteroatoms. The van der Waals surface area contributed by atoms with E-state index in [2.05, 4.69) is 6.07 Å². The molecule has 0 saturated carbocycles. The monoisotopic (exact) mass is 260 g/mol. The second kappa shape index (κ2) is 5.07. The van der Waals surface area contributed by atoms with E-state index in [4.69, 9.17) is 16.9 Å². The highest BCUT2D eigenvalue weighted by molar-refractivity contribution is 6.32. The van der Waals surface area contributed by atoms with Crippen molar-refractivity contribution in [1.82, 2.24) is 0 Å². The van der Waals surface area contributed by atoms with Crippen molar-refractivity contribution in [1.29, 1.82) is 5.26 Å². The Bertz CT molecular complexity index is 619. The van der Waals surface area contributed by atoms with Gasteiger partial charge in [-0.25, -0.2) is 4.39 Å². The van der Waals surface area contributed by atoms with Crippen molar-refractivity contribution in [2.75, 3.05) is 11.9 Å². The van der Waals surface area contributed by atoms with Crippen molar-refractivity contribution in [3.05, 3.63) is 58.9 Å². The highest BCUT2D eigenvalue weighted by atomic mass is 35.5. The number of rotatable bonds is 2. The normalized spacial score (nSPS) is 9.89. The lowest BCUT2D eigenvalue weighted by atomic mass is 10.1. The third kappa shape index (κ3) is 2.29. The van der Waals surface area contributed by atoms with E-state index in [1.165, 1.54) is 12.1 Å². The molecule has 0 bridgehead atoms. The molecule has 2 rings (SSSR count). The number of nitrogens with zero attached hydrogens (tertiary/aromatic N) is 2. The van der Waals surface area contributed by atoms with Gasteiger partial charge in [-0.1, -0.05) is 23.7 Å². The van der Waals surface area contributed by atoms with Gasteiger partial charge in [0.15, 0.2) is 0 Å². The fourth-order valence-corrected chi connectivity index (χ4v) is 1.94. The number of halogens is 2. The molecular formula is C14H10ClFN2. The van der Waals surface area contributed by atoms with Crippen LogP contribution >= 0.6 is 11.6 Å². The van der Waals surface area contributed by atoms with Gasteiger partial charge >= 0.3 is 0 Å². The molecule has 0 amide bonds. The lowest BCUT2D eigenvalue weighted by Gasteiger charge is -2.21.